The number of nitrogens with zero attached hydrogens (tertiary/aromatic N) is 1. The van der Waals surface area contributed by atoms with Crippen molar-refractivity contribution in [3.63, 3.8) is 0 Å². The Morgan fingerprint density at radius 3 is 2.60 bits per heavy atom. The lowest BCUT2D eigenvalue weighted by molar-refractivity contribution is -0.115. The van der Waals surface area contributed by atoms with Gasteiger partial charge in [0.05, 0.1) is 6.42 Å². The monoisotopic (exact) mass is 341 g/mol. The van der Waals surface area contributed by atoms with E-state index in [4.69, 9.17) is 0 Å². The van der Waals surface area contributed by atoms with Crippen molar-refractivity contribution in [3.8, 4) is 0 Å². The molecule has 0 radical (unpaired) electrons. The minimum absolute atomic E-state index is 0.0431. The molecule has 0 unspecified atom stereocenters. The minimum atomic E-state index is -0.532. The van der Waals surface area contributed by atoms with Gasteiger partial charge < -0.3 is 5.32 Å². The fourth-order valence-electron chi connectivity index (χ4n) is 2.26. The predicted octanol–water partition coefficient (Wildman–Crippen LogP) is 3.52. The molecule has 0 aromatic heterocycles. The van der Waals surface area contributed by atoms with E-state index >= 15 is 0 Å². The van der Waals surface area contributed by atoms with Crippen LogP contribution in [0.15, 0.2) is 53.6 Å². The third-order valence-corrected chi connectivity index (χ3v) is 3.52. The third kappa shape index (κ3) is 5.53. The second kappa shape index (κ2) is 8.73. The first-order chi connectivity index (χ1) is 12.0. The summed E-state index contributed by atoms with van der Waals surface area (Å²) in [5.41, 5.74) is 4.74. The highest BCUT2D eigenvalue weighted by Crippen LogP contribution is 2.15. The molecular weight excluding hydrogens is 321 g/mol. The maximum absolute atomic E-state index is 13.1. The zero-order valence-electron chi connectivity index (χ0n) is 14.2. The van der Waals surface area contributed by atoms with Crippen LogP contribution in [-0.4, -0.2) is 17.5 Å². The summed E-state index contributed by atoms with van der Waals surface area (Å²) in [6.07, 6.45) is 0.856. The zero-order chi connectivity index (χ0) is 18.2. The summed E-state index contributed by atoms with van der Waals surface area (Å²) in [6.45, 7) is 3.65. The van der Waals surface area contributed by atoms with Gasteiger partial charge in [-0.15, -0.1) is 0 Å². The summed E-state index contributed by atoms with van der Waals surface area (Å²) in [4.78, 5) is 24.0. The van der Waals surface area contributed by atoms with Crippen LogP contribution in [0, 0.1) is 5.82 Å². The zero-order valence-corrected chi connectivity index (χ0v) is 14.2. The number of benzene rings is 2. The lowest BCUT2D eigenvalue weighted by Gasteiger charge is -2.09. The molecule has 2 aromatic rings. The summed E-state index contributed by atoms with van der Waals surface area (Å²) in [5, 5.41) is 6.73. The van der Waals surface area contributed by atoms with Gasteiger partial charge >= 0.3 is 0 Å². The van der Waals surface area contributed by atoms with Crippen LogP contribution in [0.25, 0.3) is 0 Å². The number of para-hydroxylation sites is 1. The molecule has 0 atom stereocenters. The van der Waals surface area contributed by atoms with E-state index in [0.717, 1.165) is 23.7 Å². The predicted molar refractivity (Wildman–Crippen MR) is 96.0 cm³/mol. The molecule has 2 amide bonds. The molecule has 0 spiro atoms. The summed E-state index contributed by atoms with van der Waals surface area (Å²) < 4.78 is 13.1. The largest absolute Gasteiger partial charge is 0.326 e. The van der Waals surface area contributed by atoms with E-state index in [9.17, 15) is 14.0 Å². The molecule has 2 rings (SSSR count). The maximum Gasteiger partial charge on any atom is 0.271 e. The van der Waals surface area contributed by atoms with Crippen LogP contribution in [0.3, 0.4) is 0 Å². The topological polar surface area (TPSA) is 70.6 Å². The number of anilines is 1. The Kier molecular flexibility index (Phi) is 6.39. The van der Waals surface area contributed by atoms with Crippen LogP contribution in [-0.2, 0) is 11.2 Å². The lowest BCUT2D eigenvalue weighted by atomic mass is 10.1. The van der Waals surface area contributed by atoms with Crippen molar-refractivity contribution in [2.24, 2.45) is 5.10 Å². The van der Waals surface area contributed by atoms with E-state index in [1.54, 1.807) is 6.92 Å². The maximum atomic E-state index is 13.1. The van der Waals surface area contributed by atoms with Gasteiger partial charge in [-0.1, -0.05) is 31.2 Å². The summed E-state index contributed by atoms with van der Waals surface area (Å²) in [7, 11) is 0. The van der Waals surface area contributed by atoms with Gasteiger partial charge in [-0.3, -0.25) is 9.59 Å². The molecule has 25 heavy (non-hydrogen) atoms. The van der Waals surface area contributed by atoms with Crippen molar-refractivity contribution in [1.82, 2.24) is 5.43 Å². The molecule has 0 saturated heterocycles. The third-order valence-electron chi connectivity index (χ3n) is 3.52. The Morgan fingerprint density at radius 2 is 1.88 bits per heavy atom. The smallest absolute Gasteiger partial charge is 0.271 e. The number of carbonyl (C=O) groups is 2. The summed E-state index contributed by atoms with van der Waals surface area (Å²) >= 11 is 0. The molecule has 0 aliphatic heterocycles. The molecule has 5 nitrogen and oxygen atoms in total. The molecule has 6 heteroatoms. The molecule has 0 aliphatic carbocycles. The van der Waals surface area contributed by atoms with E-state index in [0.29, 0.717) is 5.71 Å². The van der Waals surface area contributed by atoms with Crippen molar-refractivity contribution in [2.45, 2.75) is 26.7 Å². The van der Waals surface area contributed by atoms with Crippen molar-refractivity contribution >= 4 is 23.2 Å². The quantitative estimate of drug-likeness (QED) is 0.623. The van der Waals surface area contributed by atoms with Crippen LogP contribution >= 0.6 is 0 Å². The Balaban J connectivity index is 1.92. The van der Waals surface area contributed by atoms with Crippen LogP contribution in [0.2, 0.25) is 0 Å². The van der Waals surface area contributed by atoms with Gasteiger partial charge in [0.1, 0.15) is 5.82 Å². The van der Waals surface area contributed by atoms with Crippen LogP contribution in [0.5, 0.6) is 0 Å². The number of nitrogens with one attached hydrogen (secondary N) is 2. The van der Waals surface area contributed by atoms with Crippen molar-refractivity contribution in [3.05, 3.63) is 65.5 Å². The van der Waals surface area contributed by atoms with Crippen molar-refractivity contribution in [1.29, 1.82) is 0 Å². The molecule has 2 aromatic carbocycles. The Hall–Kier alpha value is -3.02. The molecule has 0 fully saturated rings. The Morgan fingerprint density at radius 1 is 1.12 bits per heavy atom. The fraction of sp³-hybridized carbons (Fsp3) is 0.211. The first kappa shape index (κ1) is 18.3. The molecule has 0 aliphatic rings. The minimum Gasteiger partial charge on any atom is -0.326 e. The standard InChI is InChI=1S/C19H20FN3O2/c1-3-14-7-4-5-10-17(14)21-18(24)11-13(2)22-23-19(25)15-8-6-9-16(20)12-15/h4-10,12H,3,11H2,1-2H3,(H,21,24)(H,23,25)/b22-13-. The molecule has 0 heterocycles. The molecule has 0 bridgehead atoms. The average molecular weight is 341 g/mol. The first-order valence-corrected chi connectivity index (χ1v) is 7.96. The summed E-state index contributed by atoms with van der Waals surface area (Å²) in [5.74, 6) is -1.25. The van der Waals surface area contributed by atoms with E-state index in [1.807, 2.05) is 31.2 Å². The highest BCUT2D eigenvalue weighted by atomic mass is 19.1. The number of halogens is 1. The molecule has 130 valence electrons. The second-order valence-corrected chi connectivity index (χ2v) is 5.53. The van der Waals surface area contributed by atoms with E-state index < -0.39 is 11.7 Å². The second-order valence-electron chi connectivity index (χ2n) is 5.53. The molecule has 0 saturated carbocycles. The first-order valence-electron chi connectivity index (χ1n) is 7.96. The van der Waals surface area contributed by atoms with Gasteiger partial charge in [-0.05, 0) is 43.2 Å². The lowest BCUT2D eigenvalue weighted by Crippen LogP contribution is -2.21. The fourth-order valence-corrected chi connectivity index (χ4v) is 2.26. The Bertz CT molecular complexity index is 803. The van der Waals surface area contributed by atoms with E-state index in [-0.39, 0.29) is 17.9 Å². The number of hydrogen-bond acceptors (Lipinski definition) is 3. The SMILES string of the molecule is CCc1ccccc1NC(=O)C/C(C)=N\NC(=O)c1cccc(F)c1. The highest BCUT2D eigenvalue weighted by molar-refractivity contribution is 6.06. The van der Waals surface area contributed by atoms with Crippen LogP contribution in [0.4, 0.5) is 10.1 Å². The van der Waals surface area contributed by atoms with Crippen molar-refractivity contribution in [2.75, 3.05) is 5.32 Å². The van der Waals surface area contributed by atoms with Crippen LogP contribution in [0.1, 0.15) is 36.2 Å². The van der Waals surface area contributed by atoms with E-state index in [2.05, 4.69) is 15.8 Å². The van der Waals surface area contributed by atoms with Crippen molar-refractivity contribution < 1.29 is 14.0 Å². The average Bonchev–Trinajstić information content (AvgIpc) is 2.60. The van der Waals surface area contributed by atoms with Gasteiger partial charge in [-0.25, -0.2) is 9.82 Å². The van der Waals surface area contributed by atoms with Gasteiger partial charge in [0.15, 0.2) is 0 Å². The van der Waals surface area contributed by atoms with Gasteiger partial charge in [0.25, 0.3) is 5.91 Å². The molecule has 2 N–H and O–H groups in total. The number of hydrogen-bond donors (Lipinski definition) is 2. The number of amides is 2. The highest BCUT2D eigenvalue weighted by Gasteiger charge is 2.09. The van der Waals surface area contributed by atoms with Gasteiger partial charge in [0, 0.05) is 17.0 Å². The number of aryl methyl sites for hydroxylation is 1. The summed E-state index contributed by atoms with van der Waals surface area (Å²) in [6, 6.07) is 12.9. The van der Waals surface area contributed by atoms with E-state index in [1.165, 1.54) is 18.2 Å². The van der Waals surface area contributed by atoms with Gasteiger partial charge in [-0.2, -0.15) is 5.10 Å². The number of carbonyl (C=O) groups excluding carboxylic acids is 2. The number of hydrazone groups is 1. The number of rotatable bonds is 6. The van der Waals surface area contributed by atoms with Gasteiger partial charge in [0.2, 0.25) is 5.91 Å². The Labute approximate surface area is 145 Å². The van der Waals surface area contributed by atoms with Crippen LogP contribution < -0.4 is 10.7 Å². The normalized spacial score (nSPS) is 11.1. The molecular formula is C19H20FN3O2.